The zero-order chi connectivity index (χ0) is 12.4. The Morgan fingerprint density at radius 2 is 2.29 bits per heavy atom. The molecule has 0 radical (unpaired) electrons. The number of rotatable bonds is 4. The van der Waals surface area contributed by atoms with Crippen LogP contribution in [0.2, 0.25) is 0 Å². The molecule has 1 atom stereocenters. The molecule has 0 spiro atoms. The quantitative estimate of drug-likeness (QED) is 0.558. The number of aromatic nitrogens is 2. The average molecular weight is 245 g/mol. The highest BCUT2D eigenvalue weighted by Crippen LogP contribution is 2.17. The molecule has 0 bridgehead atoms. The van der Waals surface area contributed by atoms with Gasteiger partial charge in [0.25, 0.3) is 6.43 Å². The number of hydrogen-bond donors (Lipinski definition) is 4. The van der Waals surface area contributed by atoms with E-state index in [0.29, 0.717) is 11.4 Å². The van der Waals surface area contributed by atoms with E-state index in [4.69, 9.17) is 5.73 Å². The standard InChI is InChI=1S/C9H14F2N6/c1-6(16-4-7(12)2-14-16)8-3-13-15-17(8)5-9(10)11/h2-4,6,9,13,15H,5,12H2,1H3/p+1. The van der Waals surface area contributed by atoms with E-state index >= 15 is 0 Å². The first-order chi connectivity index (χ1) is 8.08. The van der Waals surface area contributed by atoms with Crippen LogP contribution in [0.5, 0.6) is 0 Å². The fourth-order valence-electron chi connectivity index (χ4n) is 1.71. The van der Waals surface area contributed by atoms with Crippen LogP contribution >= 0.6 is 0 Å². The predicted octanol–water partition coefficient (Wildman–Crippen LogP) is -0.123. The molecule has 0 fully saturated rings. The Bertz CT molecular complexity index is 415. The molecule has 1 aliphatic rings. The second kappa shape index (κ2) is 4.58. The van der Waals surface area contributed by atoms with Crippen molar-refractivity contribution in [2.45, 2.75) is 19.4 Å². The van der Waals surface area contributed by atoms with E-state index in [9.17, 15) is 8.78 Å². The average Bonchev–Trinajstić information content (AvgIpc) is 2.85. The number of hydrogen-bond acceptors (Lipinski definition) is 4. The summed E-state index contributed by atoms with van der Waals surface area (Å²) in [6.07, 6.45) is 2.60. The van der Waals surface area contributed by atoms with Crippen molar-refractivity contribution in [2.24, 2.45) is 0 Å². The van der Waals surface area contributed by atoms with Crippen LogP contribution in [-0.2, 0) is 0 Å². The normalized spacial score (nSPS) is 17.2. The topological polar surface area (TPSA) is 73.0 Å². The van der Waals surface area contributed by atoms with E-state index in [1.807, 2.05) is 6.92 Å². The molecular weight excluding hydrogens is 230 g/mol. The number of aromatic amines is 1. The van der Waals surface area contributed by atoms with E-state index in [2.05, 4.69) is 16.1 Å². The molecule has 0 amide bonds. The first-order valence-corrected chi connectivity index (χ1v) is 5.20. The summed E-state index contributed by atoms with van der Waals surface area (Å²) >= 11 is 0. The van der Waals surface area contributed by atoms with Crippen LogP contribution in [-0.4, -0.2) is 23.1 Å². The summed E-state index contributed by atoms with van der Waals surface area (Å²) in [5, 5.41) is 4.31. The number of nitrogen functional groups attached to an aromatic ring is 1. The molecule has 0 saturated carbocycles. The summed E-state index contributed by atoms with van der Waals surface area (Å²) in [6, 6.07) is -0.131. The molecule has 2 heterocycles. The van der Waals surface area contributed by atoms with Crippen molar-refractivity contribution < 1.29 is 13.5 Å². The number of allylic oxidation sites excluding steroid dienone is 1. The molecule has 1 aromatic heterocycles. The van der Waals surface area contributed by atoms with Gasteiger partial charge in [-0.1, -0.05) is 0 Å². The number of nitrogens with one attached hydrogen (secondary N) is 3. The van der Waals surface area contributed by atoms with Crippen LogP contribution in [0.1, 0.15) is 13.0 Å². The van der Waals surface area contributed by atoms with E-state index in [1.54, 1.807) is 23.3 Å². The number of nitrogens with zero attached hydrogens (tertiary/aromatic N) is 2. The maximum Gasteiger partial charge on any atom is 0.257 e. The second-order valence-corrected chi connectivity index (χ2v) is 3.81. The SMILES string of the molecule is CC(C1=CNNN1CC(F)F)[n+]1cc(N)c[nH]1. The third kappa shape index (κ3) is 2.47. The van der Waals surface area contributed by atoms with Gasteiger partial charge in [0.15, 0.2) is 0 Å². The van der Waals surface area contributed by atoms with Crippen molar-refractivity contribution in [3.63, 3.8) is 0 Å². The third-order valence-corrected chi connectivity index (χ3v) is 2.57. The first-order valence-electron chi connectivity index (χ1n) is 5.20. The van der Waals surface area contributed by atoms with Crippen LogP contribution in [0.25, 0.3) is 0 Å². The lowest BCUT2D eigenvalue weighted by molar-refractivity contribution is -0.764. The van der Waals surface area contributed by atoms with Gasteiger partial charge < -0.3 is 11.2 Å². The van der Waals surface area contributed by atoms with Gasteiger partial charge in [0.2, 0.25) is 12.2 Å². The second-order valence-electron chi connectivity index (χ2n) is 3.81. The van der Waals surface area contributed by atoms with Gasteiger partial charge in [0.1, 0.15) is 11.4 Å². The van der Waals surface area contributed by atoms with Crippen LogP contribution < -0.4 is 21.4 Å². The maximum atomic E-state index is 12.4. The van der Waals surface area contributed by atoms with Crippen LogP contribution in [0.3, 0.4) is 0 Å². The van der Waals surface area contributed by atoms with Gasteiger partial charge in [-0.3, -0.25) is 5.01 Å². The molecule has 1 aromatic rings. The Morgan fingerprint density at radius 3 is 2.88 bits per heavy atom. The zero-order valence-electron chi connectivity index (χ0n) is 9.32. The van der Waals surface area contributed by atoms with Gasteiger partial charge >= 0.3 is 0 Å². The molecule has 94 valence electrons. The Hall–Kier alpha value is -1.83. The molecule has 1 unspecified atom stereocenters. The van der Waals surface area contributed by atoms with Crippen molar-refractivity contribution in [3.05, 3.63) is 24.3 Å². The lowest BCUT2D eigenvalue weighted by Gasteiger charge is -2.21. The van der Waals surface area contributed by atoms with E-state index in [-0.39, 0.29) is 12.6 Å². The zero-order valence-corrected chi connectivity index (χ0v) is 9.32. The van der Waals surface area contributed by atoms with Crippen molar-refractivity contribution in [1.29, 1.82) is 0 Å². The van der Waals surface area contributed by atoms with Crippen LogP contribution in [0.4, 0.5) is 14.5 Å². The van der Waals surface area contributed by atoms with Gasteiger partial charge in [0.05, 0.1) is 12.7 Å². The van der Waals surface area contributed by atoms with Gasteiger partial charge in [-0.05, 0) is 0 Å². The Labute approximate surface area is 97.0 Å². The van der Waals surface area contributed by atoms with Crippen molar-refractivity contribution in [1.82, 2.24) is 21.1 Å². The number of hydrazine groups is 2. The highest BCUT2D eigenvalue weighted by molar-refractivity contribution is 5.27. The van der Waals surface area contributed by atoms with Crippen LogP contribution in [0.15, 0.2) is 24.3 Å². The molecule has 6 nitrogen and oxygen atoms in total. The lowest BCUT2D eigenvalue weighted by Crippen LogP contribution is -2.47. The molecule has 5 N–H and O–H groups in total. The predicted molar refractivity (Wildman–Crippen MR) is 57.2 cm³/mol. The van der Waals surface area contributed by atoms with E-state index in [1.165, 1.54) is 5.01 Å². The highest BCUT2D eigenvalue weighted by atomic mass is 19.3. The summed E-state index contributed by atoms with van der Waals surface area (Å²) in [7, 11) is 0. The largest absolute Gasteiger partial charge is 0.392 e. The fraction of sp³-hybridized carbons (Fsp3) is 0.444. The van der Waals surface area contributed by atoms with E-state index < -0.39 is 6.43 Å². The number of anilines is 1. The van der Waals surface area contributed by atoms with Gasteiger partial charge in [0, 0.05) is 13.1 Å². The molecule has 0 saturated heterocycles. The number of alkyl halides is 2. The molecule has 2 rings (SSSR count). The number of halogens is 2. The molecule has 1 aliphatic heterocycles. The smallest absolute Gasteiger partial charge is 0.257 e. The first kappa shape index (κ1) is 11.6. The molecule has 0 aliphatic carbocycles. The Kier molecular flexibility index (Phi) is 3.14. The Morgan fingerprint density at radius 1 is 1.53 bits per heavy atom. The minimum Gasteiger partial charge on any atom is -0.392 e. The van der Waals surface area contributed by atoms with Crippen molar-refractivity contribution in [3.8, 4) is 0 Å². The third-order valence-electron chi connectivity index (χ3n) is 2.57. The summed E-state index contributed by atoms with van der Waals surface area (Å²) in [6.45, 7) is 1.51. The minimum absolute atomic E-state index is 0.131. The van der Waals surface area contributed by atoms with Crippen molar-refractivity contribution in [2.75, 3.05) is 12.3 Å². The monoisotopic (exact) mass is 245 g/mol. The number of H-pyrrole nitrogens is 1. The molecular formula is C9H15F2N6+. The molecule has 0 aromatic carbocycles. The highest BCUT2D eigenvalue weighted by Gasteiger charge is 2.29. The fourth-order valence-corrected chi connectivity index (χ4v) is 1.71. The maximum absolute atomic E-state index is 12.4. The van der Waals surface area contributed by atoms with E-state index in [0.717, 1.165) is 0 Å². The summed E-state index contributed by atoms with van der Waals surface area (Å²) in [4.78, 5) is 0. The van der Waals surface area contributed by atoms with Gasteiger partial charge in [-0.15, -0.1) is 10.2 Å². The summed E-state index contributed by atoms with van der Waals surface area (Å²) in [5.74, 6) is 0. The molecule has 17 heavy (non-hydrogen) atoms. The lowest BCUT2D eigenvalue weighted by atomic mass is 10.2. The molecule has 8 heteroatoms. The van der Waals surface area contributed by atoms with Crippen molar-refractivity contribution >= 4 is 5.69 Å². The Balaban J connectivity index is 2.10. The summed E-state index contributed by atoms with van der Waals surface area (Å²) < 4.78 is 26.5. The minimum atomic E-state index is -2.41. The van der Waals surface area contributed by atoms with Gasteiger partial charge in [-0.2, -0.15) is 5.10 Å². The number of nitrogens with two attached hydrogens (primary N) is 1. The van der Waals surface area contributed by atoms with Gasteiger partial charge in [-0.25, -0.2) is 8.78 Å². The van der Waals surface area contributed by atoms with Crippen LogP contribution in [0, 0.1) is 0 Å². The summed E-state index contributed by atoms with van der Waals surface area (Å²) in [5.41, 5.74) is 12.2.